The number of carbonyl (C=O) groups excluding carboxylic acids is 2. The predicted molar refractivity (Wildman–Crippen MR) is 33.4 cm³/mol. The summed E-state index contributed by atoms with van der Waals surface area (Å²) in [6, 6.07) is 0. The molecule has 0 heterocycles. The van der Waals surface area contributed by atoms with E-state index in [0.717, 1.165) is 0 Å². The van der Waals surface area contributed by atoms with E-state index in [1.165, 1.54) is 0 Å². The topological polar surface area (TPSA) is 155 Å². The molecule has 0 aliphatic heterocycles. The maximum absolute atomic E-state index is 9.50. The zero-order chi connectivity index (χ0) is 11.1. The second-order valence-corrected chi connectivity index (χ2v) is 2.59. The molecule has 0 bridgehead atoms. The molecule has 0 spiro atoms. The fourth-order valence-corrected chi connectivity index (χ4v) is 0.204. The molecule has 0 atom stereocenters. The van der Waals surface area contributed by atoms with Crippen LogP contribution < -0.4 is 69.3 Å². The number of carboxylic acid groups (broad SMARTS) is 2. The van der Waals surface area contributed by atoms with Gasteiger partial charge in [-0.25, -0.2) is 0 Å². The van der Waals surface area contributed by atoms with E-state index < -0.39 is 35.2 Å². The van der Waals surface area contributed by atoms with Gasteiger partial charge in [0.2, 0.25) is 0 Å². The molecule has 0 unspecified atom stereocenters. The second kappa shape index (κ2) is 12.9. The number of rotatable bonds is 3. The maximum atomic E-state index is 9.50. The van der Waals surface area contributed by atoms with Crippen LogP contribution in [0.2, 0.25) is 0 Å². The SMILES string of the molecule is O=C([O-])CCC(=O)[O-].O=S(=O)(O)O.[Na+].[Na+]. The third-order valence-corrected chi connectivity index (χ3v) is 0.533. The van der Waals surface area contributed by atoms with Crippen LogP contribution in [-0.2, 0) is 20.0 Å². The molecule has 0 saturated heterocycles. The van der Waals surface area contributed by atoms with Crippen molar-refractivity contribution < 1.29 is 96.4 Å². The molecule has 0 fully saturated rings. The normalized spacial score (nSPS) is 8.40. The molecule has 0 aromatic heterocycles. The van der Waals surface area contributed by atoms with Gasteiger partial charge in [0, 0.05) is 11.9 Å². The van der Waals surface area contributed by atoms with Crippen molar-refractivity contribution in [2.24, 2.45) is 0 Å². The summed E-state index contributed by atoms with van der Waals surface area (Å²) in [5.41, 5.74) is 0. The van der Waals surface area contributed by atoms with Crippen LogP contribution in [0.25, 0.3) is 0 Å². The van der Waals surface area contributed by atoms with Crippen molar-refractivity contribution in [1.29, 1.82) is 0 Å². The minimum absolute atomic E-state index is 0. The number of hydrogen-bond donors (Lipinski definition) is 2. The zero-order valence-corrected chi connectivity index (χ0v) is 13.0. The summed E-state index contributed by atoms with van der Waals surface area (Å²) >= 11 is 0. The smallest absolute Gasteiger partial charge is 0.550 e. The Balaban J connectivity index is -0.0000000770. The van der Waals surface area contributed by atoms with E-state index in [4.69, 9.17) is 17.5 Å². The molecule has 0 amide bonds. The van der Waals surface area contributed by atoms with E-state index >= 15 is 0 Å². The number of hydrogen-bond acceptors (Lipinski definition) is 6. The van der Waals surface area contributed by atoms with E-state index in [9.17, 15) is 19.8 Å². The van der Waals surface area contributed by atoms with Crippen LogP contribution in [-0.4, -0.2) is 29.5 Å². The monoisotopic (exact) mass is 260 g/mol. The Hall–Kier alpha value is 0.810. The largest absolute Gasteiger partial charge is 1.00 e. The Morgan fingerprint density at radius 3 is 1.13 bits per heavy atom. The van der Waals surface area contributed by atoms with Crippen molar-refractivity contribution >= 4 is 22.3 Å². The minimum atomic E-state index is -4.67. The van der Waals surface area contributed by atoms with Crippen LogP contribution in [0.5, 0.6) is 0 Å². The summed E-state index contributed by atoms with van der Waals surface area (Å²) in [7, 11) is -4.67. The molecule has 0 aliphatic carbocycles. The molecule has 2 N–H and O–H groups in total. The van der Waals surface area contributed by atoms with Gasteiger partial charge in [0.25, 0.3) is 0 Å². The summed E-state index contributed by atoms with van der Waals surface area (Å²) in [5, 5.41) is 19.0. The van der Waals surface area contributed by atoms with Crippen LogP contribution in [0.4, 0.5) is 0 Å². The third kappa shape index (κ3) is 72.0. The van der Waals surface area contributed by atoms with Crippen molar-refractivity contribution in [3.05, 3.63) is 0 Å². The molecule has 0 aromatic carbocycles. The minimum Gasteiger partial charge on any atom is -0.550 e. The first kappa shape index (κ1) is 24.9. The fourth-order valence-electron chi connectivity index (χ4n) is 0.204. The molecule has 0 aliphatic rings. The summed E-state index contributed by atoms with van der Waals surface area (Å²) in [6.07, 6.45) is -0.940. The van der Waals surface area contributed by atoms with Crippen molar-refractivity contribution in [2.45, 2.75) is 12.8 Å². The molecular weight excluding hydrogens is 254 g/mol. The van der Waals surface area contributed by atoms with Crippen molar-refractivity contribution in [3.63, 3.8) is 0 Å². The molecule has 11 heteroatoms. The quantitative estimate of drug-likeness (QED) is 0.374. The second-order valence-electron chi connectivity index (χ2n) is 1.69. The fraction of sp³-hybridized carbons (Fsp3) is 0.500. The van der Waals surface area contributed by atoms with E-state index in [0.29, 0.717) is 0 Å². The maximum Gasteiger partial charge on any atom is 1.00 e. The van der Waals surface area contributed by atoms with E-state index in [1.807, 2.05) is 0 Å². The van der Waals surface area contributed by atoms with Crippen molar-refractivity contribution in [3.8, 4) is 0 Å². The summed E-state index contributed by atoms with van der Waals surface area (Å²) in [6.45, 7) is 0. The summed E-state index contributed by atoms with van der Waals surface area (Å²) in [5.74, 6) is -2.73. The van der Waals surface area contributed by atoms with Crippen molar-refractivity contribution in [1.82, 2.24) is 0 Å². The first-order chi connectivity index (χ1) is 5.63. The number of aliphatic carboxylic acids is 2. The standard InChI is InChI=1S/C4H6O4.2Na.H2O4S/c5-3(6)1-2-4(7)8;;;1-5(2,3)4/h1-2H2,(H,5,6)(H,7,8);;;(H2,1,2,3,4)/q;2*+1;/p-2. The molecule has 0 aromatic rings. The molecule has 78 valence electrons. The Labute approximate surface area is 130 Å². The molecular formula is C4H6Na2O8S. The molecule has 8 nitrogen and oxygen atoms in total. The van der Waals surface area contributed by atoms with Gasteiger partial charge in [0.15, 0.2) is 0 Å². The molecule has 0 rings (SSSR count). The van der Waals surface area contributed by atoms with Gasteiger partial charge in [-0.3, -0.25) is 9.11 Å². The van der Waals surface area contributed by atoms with Crippen LogP contribution >= 0.6 is 0 Å². The Bertz CT molecular complexity index is 250. The van der Waals surface area contributed by atoms with Gasteiger partial charge >= 0.3 is 69.5 Å². The van der Waals surface area contributed by atoms with Gasteiger partial charge in [-0.1, -0.05) is 0 Å². The van der Waals surface area contributed by atoms with Crippen LogP contribution in [0.1, 0.15) is 12.8 Å². The third-order valence-electron chi connectivity index (χ3n) is 0.533. The van der Waals surface area contributed by atoms with Gasteiger partial charge in [0.05, 0.1) is 0 Å². The predicted octanol–water partition coefficient (Wildman–Crippen LogP) is -9.38. The molecule has 0 saturated carbocycles. The summed E-state index contributed by atoms with van der Waals surface area (Å²) < 4.78 is 31.6. The van der Waals surface area contributed by atoms with Crippen molar-refractivity contribution in [2.75, 3.05) is 0 Å². The number of carbonyl (C=O) groups is 2. The molecule has 0 radical (unpaired) electrons. The van der Waals surface area contributed by atoms with E-state index in [1.54, 1.807) is 0 Å². The average molecular weight is 260 g/mol. The average Bonchev–Trinajstić information content (AvgIpc) is 1.79. The van der Waals surface area contributed by atoms with E-state index in [2.05, 4.69) is 0 Å². The zero-order valence-electron chi connectivity index (χ0n) is 8.17. The Morgan fingerprint density at radius 1 is 0.933 bits per heavy atom. The Morgan fingerprint density at radius 2 is 1.07 bits per heavy atom. The first-order valence-electron chi connectivity index (χ1n) is 2.72. The van der Waals surface area contributed by atoms with Crippen LogP contribution in [0.3, 0.4) is 0 Å². The van der Waals surface area contributed by atoms with Gasteiger partial charge in [-0.15, -0.1) is 0 Å². The molecule has 15 heavy (non-hydrogen) atoms. The van der Waals surface area contributed by atoms with Gasteiger partial charge in [-0.05, 0) is 12.8 Å². The van der Waals surface area contributed by atoms with Gasteiger partial charge in [-0.2, -0.15) is 8.42 Å². The van der Waals surface area contributed by atoms with Crippen LogP contribution in [0.15, 0.2) is 0 Å². The van der Waals surface area contributed by atoms with E-state index in [-0.39, 0.29) is 59.1 Å². The van der Waals surface area contributed by atoms with Gasteiger partial charge < -0.3 is 19.8 Å². The summed E-state index contributed by atoms with van der Waals surface area (Å²) in [4.78, 5) is 19.0. The van der Waals surface area contributed by atoms with Gasteiger partial charge in [0.1, 0.15) is 0 Å². The Kier molecular flexibility index (Phi) is 21.3. The first-order valence-corrected chi connectivity index (χ1v) is 4.12. The number of carboxylic acids is 2. The van der Waals surface area contributed by atoms with Crippen LogP contribution in [0, 0.1) is 0 Å².